The molecule has 1 amide bonds. The molecule has 150 valence electrons. The molecule has 2 aromatic carbocycles. The van der Waals surface area contributed by atoms with Gasteiger partial charge in [-0.05, 0) is 56.5 Å². The minimum absolute atomic E-state index is 0.0187. The minimum Gasteiger partial charge on any atom is -0.444 e. The predicted molar refractivity (Wildman–Crippen MR) is 110 cm³/mol. The zero-order chi connectivity index (χ0) is 20.8. The number of nitro benzene ring substituents is 1. The van der Waals surface area contributed by atoms with Gasteiger partial charge >= 0.3 is 6.09 Å². The number of hydrogen-bond donors (Lipinski definition) is 1. The fourth-order valence-electron chi connectivity index (χ4n) is 3.88. The van der Waals surface area contributed by atoms with Gasteiger partial charge in [0.05, 0.1) is 4.92 Å². The molecule has 0 fully saturated rings. The van der Waals surface area contributed by atoms with Crippen molar-refractivity contribution in [3.05, 3.63) is 75.5 Å². The number of amides is 1. The molecule has 7 heteroatoms. The van der Waals surface area contributed by atoms with Crippen LogP contribution in [-0.2, 0) is 11.2 Å². The Hall–Kier alpha value is -3.35. The first-order valence-electron chi connectivity index (χ1n) is 9.58. The summed E-state index contributed by atoms with van der Waals surface area (Å²) in [5, 5.41) is 12.2. The van der Waals surface area contributed by atoms with Crippen molar-refractivity contribution >= 4 is 22.7 Å². The van der Waals surface area contributed by atoms with Gasteiger partial charge in [0, 0.05) is 35.3 Å². The lowest BCUT2D eigenvalue weighted by Gasteiger charge is -2.37. The highest BCUT2D eigenvalue weighted by atomic mass is 16.6. The Bertz CT molecular complexity index is 1080. The normalized spacial score (nSPS) is 16.5. The number of non-ortho nitro benzene ring substituents is 1. The van der Waals surface area contributed by atoms with Crippen molar-refractivity contribution in [3.63, 3.8) is 0 Å². The van der Waals surface area contributed by atoms with Gasteiger partial charge in [-0.2, -0.15) is 0 Å². The van der Waals surface area contributed by atoms with Crippen LogP contribution < -0.4 is 0 Å². The molecule has 0 bridgehead atoms. The van der Waals surface area contributed by atoms with E-state index < -0.39 is 22.7 Å². The van der Waals surface area contributed by atoms with Gasteiger partial charge in [0.1, 0.15) is 11.6 Å². The second-order valence-corrected chi connectivity index (χ2v) is 8.24. The molecule has 1 aliphatic rings. The van der Waals surface area contributed by atoms with Crippen LogP contribution >= 0.6 is 0 Å². The zero-order valence-corrected chi connectivity index (χ0v) is 16.6. The third kappa shape index (κ3) is 3.55. The monoisotopic (exact) mass is 393 g/mol. The number of fused-ring (bicyclic) bond motifs is 3. The van der Waals surface area contributed by atoms with E-state index in [4.69, 9.17) is 4.74 Å². The van der Waals surface area contributed by atoms with Crippen LogP contribution in [0.25, 0.3) is 10.9 Å². The first-order valence-corrected chi connectivity index (χ1v) is 9.58. The van der Waals surface area contributed by atoms with E-state index in [1.54, 1.807) is 17.0 Å². The van der Waals surface area contributed by atoms with Crippen LogP contribution in [0.2, 0.25) is 0 Å². The molecule has 29 heavy (non-hydrogen) atoms. The molecule has 1 aromatic heterocycles. The van der Waals surface area contributed by atoms with Crippen LogP contribution in [0, 0.1) is 10.1 Å². The van der Waals surface area contributed by atoms with E-state index in [-0.39, 0.29) is 5.69 Å². The average Bonchev–Trinajstić information content (AvgIpc) is 3.04. The maximum Gasteiger partial charge on any atom is 0.411 e. The van der Waals surface area contributed by atoms with Gasteiger partial charge in [-0.1, -0.05) is 18.2 Å². The second-order valence-electron chi connectivity index (χ2n) is 8.24. The van der Waals surface area contributed by atoms with Crippen molar-refractivity contribution in [2.45, 2.75) is 38.8 Å². The first kappa shape index (κ1) is 19.0. The van der Waals surface area contributed by atoms with Crippen LogP contribution in [0.3, 0.4) is 0 Å². The van der Waals surface area contributed by atoms with Crippen LogP contribution in [0.15, 0.2) is 48.5 Å². The van der Waals surface area contributed by atoms with Crippen LogP contribution in [-0.4, -0.2) is 33.0 Å². The summed E-state index contributed by atoms with van der Waals surface area (Å²) in [4.78, 5) is 28.8. The number of nitrogens with zero attached hydrogens (tertiary/aromatic N) is 2. The van der Waals surface area contributed by atoms with Crippen molar-refractivity contribution in [1.29, 1.82) is 0 Å². The Kier molecular flexibility index (Phi) is 4.53. The third-order valence-electron chi connectivity index (χ3n) is 5.08. The molecule has 4 rings (SSSR count). The Labute approximate surface area is 168 Å². The molecular formula is C22H23N3O4. The SMILES string of the molecule is CC(C)(C)OC(=O)N1CCc2c([nH]c3ccccc23)[C@@H]1c1ccc([N+](=O)[O-])cc1. The van der Waals surface area contributed by atoms with E-state index in [0.717, 1.165) is 22.2 Å². The smallest absolute Gasteiger partial charge is 0.411 e. The highest BCUT2D eigenvalue weighted by molar-refractivity contribution is 5.86. The first-order chi connectivity index (χ1) is 13.7. The molecule has 0 spiro atoms. The van der Waals surface area contributed by atoms with Gasteiger partial charge in [0.15, 0.2) is 0 Å². The number of hydrogen-bond acceptors (Lipinski definition) is 4. The van der Waals surface area contributed by atoms with Gasteiger partial charge < -0.3 is 9.72 Å². The van der Waals surface area contributed by atoms with Crippen molar-refractivity contribution < 1.29 is 14.5 Å². The van der Waals surface area contributed by atoms with E-state index in [2.05, 4.69) is 11.1 Å². The summed E-state index contributed by atoms with van der Waals surface area (Å²) in [6.07, 6.45) is 0.312. The number of nitrogens with one attached hydrogen (secondary N) is 1. The maximum absolute atomic E-state index is 13.0. The quantitative estimate of drug-likeness (QED) is 0.492. The number of carbonyl (C=O) groups excluding carboxylic acids is 1. The largest absolute Gasteiger partial charge is 0.444 e. The second kappa shape index (κ2) is 6.92. The van der Waals surface area contributed by atoms with Crippen LogP contribution in [0.4, 0.5) is 10.5 Å². The molecule has 3 aromatic rings. The molecule has 0 aliphatic carbocycles. The lowest BCUT2D eigenvalue weighted by molar-refractivity contribution is -0.384. The lowest BCUT2D eigenvalue weighted by Crippen LogP contribution is -2.43. The molecule has 1 atom stereocenters. The Morgan fingerprint density at radius 1 is 1.17 bits per heavy atom. The number of rotatable bonds is 2. The van der Waals surface area contributed by atoms with E-state index in [1.807, 2.05) is 39.0 Å². The number of benzene rings is 2. The molecule has 2 heterocycles. The van der Waals surface area contributed by atoms with Gasteiger partial charge in [-0.3, -0.25) is 15.0 Å². The van der Waals surface area contributed by atoms with Gasteiger partial charge in [0.2, 0.25) is 0 Å². The Morgan fingerprint density at radius 3 is 2.52 bits per heavy atom. The summed E-state index contributed by atoms with van der Waals surface area (Å²) in [6, 6.07) is 14.0. The number of para-hydroxylation sites is 1. The Balaban J connectivity index is 1.82. The van der Waals surface area contributed by atoms with E-state index in [0.29, 0.717) is 13.0 Å². The van der Waals surface area contributed by atoms with Crippen LogP contribution in [0.5, 0.6) is 0 Å². The molecule has 7 nitrogen and oxygen atoms in total. The number of nitro groups is 1. The summed E-state index contributed by atoms with van der Waals surface area (Å²) < 4.78 is 5.64. The van der Waals surface area contributed by atoms with Crippen molar-refractivity contribution in [1.82, 2.24) is 9.88 Å². The summed E-state index contributed by atoms with van der Waals surface area (Å²) in [5.74, 6) is 0. The zero-order valence-electron chi connectivity index (χ0n) is 16.6. The van der Waals surface area contributed by atoms with Crippen molar-refractivity contribution in [2.24, 2.45) is 0 Å². The molecule has 0 radical (unpaired) electrons. The maximum atomic E-state index is 13.0. The third-order valence-corrected chi connectivity index (χ3v) is 5.08. The summed E-state index contributed by atoms with van der Waals surface area (Å²) >= 11 is 0. The fourth-order valence-corrected chi connectivity index (χ4v) is 3.88. The number of aromatic nitrogens is 1. The standard InChI is InChI=1S/C22H23N3O4/c1-22(2,3)29-21(26)24-13-12-17-16-6-4-5-7-18(16)23-19(17)20(24)14-8-10-15(11-9-14)25(27)28/h4-11,20,23H,12-13H2,1-3H3/t20-/m0/s1. The average molecular weight is 393 g/mol. The molecule has 1 aliphatic heterocycles. The molecule has 0 unspecified atom stereocenters. The van der Waals surface area contributed by atoms with Crippen molar-refractivity contribution in [2.75, 3.05) is 6.54 Å². The molecule has 0 saturated carbocycles. The van der Waals surface area contributed by atoms with Gasteiger partial charge in [-0.25, -0.2) is 4.79 Å². The predicted octanol–water partition coefficient (Wildman–Crippen LogP) is 4.96. The summed E-state index contributed by atoms with van der Waals surface area (Å²) in [6.45, 7) is 6.02. The molecule has 1 N–H and O–H groups in total. The highest BCUT2D eigenvalue weighted by Gasteiger charge is 2.36. The van der Waals surface area contributed by atoms with E-state index >= 15 is 0 Å². The van der Waals surface area contributed by atoms with Gasteiger partial charge in [0.25, 0.3) is 5.69 Å². The number of aromatic amines is 1. The fraction of sp³-hybridized carbons (Fsp3) is 0.318. The number of carbonyl (C=O) groups is 1. The summed E-state index contributed by atoms with van der Waals surface area (Å²) in [7, 11) is 0. The topological polar surface area (TPSA) is 88.5 Å². The van der Waals surface area contributed by atoms with E-state index in [9.17, 15) is 14.9 Å². The van der Waals surface area contributed by atoms with Crippen LogP contribution in [0.1, 0.15) is 43.6 Å². The minimum atomic E-state index is -0.613. The molecule has 0 saturated heterocycles. The Morgan fingerprint density at radius 2 is 1.86 bits per heavy atom. The van der Waals surface area contributed by atoms with Gasteiger partial charge in [-0.15, -0.1) is 0 Å². The van der Waals surface area contributed by atoms with E-state index in [1.165, 1.54) is 17.7 Å². The summed E-state index contributed by atoms with van der Waals surface area (Å²) in [5.41, 5.74) is 3.31. The highest BCUT2D eigenvalue weighted by Crippen LogP contribution is 2.39. The number of H-pyrrole nitrogens is 1. The number of ether oxygens (including phenoxy) is 1. The van der Waals surface area contributed by atoms with Crippen molar-refractivity contribution in [3.8, 4) is 0 Å². The molecular weight excluding hydrogens is 370 g/mol. The lowest BCUT2D eigenvalue weighted by atomic mass is 9.92.